The fourth-order valence-corrected chi connectivity index (χ4v) is 4.41. The van der Waals surface area contributed by atoms with Crippen molar-refractivity contribution in [1.82, 2.24) is 0 Å². The molecule has 2 amide bonds. The molecule has 0 spiro atoms. The highest BCUT2D eigenvalue weighted by atomic mass is 19.4. The summed E-state index contributed by atoms with van der Waals surface area (Å²) >= 11 is 0. The van der Waals surface area contributed by atoms with Crippen LogP contribution in [0, 0.1) is 13.5 Å². The van der Waals surface area contributed by atoms with Gasteiger partial charge in [-0.15, -0.1) is 0 Å². The highest BCUT2D eigenvalue weighted by Gasteiger charge is 2.64. The second-order valence-corrected chi connectivity index (χ2v) is 8.73. The second-order valence-electron chi connectivity index (χ2n) is 8.73. The Bertz CT molecular complexity index is 1280. The Hall–Kier alpha value is -3.83. The van der Waals surface area contributed by atoms with Crippen LogP contribution in [0.2, 0.25) is 0 Å². The van der Waals surface area contributed by atoms with Crippen LogP contribution in [0.5, 0.6) is 0 Å². The molecule has 1 atom stereocenters. The van der Waals surface area contributed by atoms with Gasteiger partial charge in [0.1, 0.15) is 0 Å². The van der Waals surface area contributed by atoms with Crippen molar-refractivity contribution in [3.05, 3.63) is 101 Å². The molecule has 3 aromatic rings. The van der Waals surface area contributed by atoms with Crippen LogP contribution < -0.4 is 9.80 Å². The minimum atomic E-state index is -4.52. The van der Waals surface area contributed by atoms with Crippen molar-refractivity contribution in [2.24, 2.45) is 0 Å². The summed E-state index contributed by atoms with van der Waals surface area (Å²) in [5.41, 5.74) is -1.95. The Balaban J connectivity index is 1.93. The van der Waals surface area contributed by atoms with E-state index in [9.17, 15) is 23.1 Å². The molecular formula is C26H22F3N3O2. The molecule has 8 heteroatoms. The number of aryl methyl sites for hydroxylation is 1. The molecule has 3 aromatic carbocycles. The molecule has 1 N–H and O–H groups in total. The molecule has 1 saturated heterocycles. The number of halogens is 3. The molecule has 1 heterocycles. The highest BCUT2D eigenvalue weighted by molar-refractivity contribution is 6.09. The Labute approximate surface area is 195 Å². The number of aliphatic hydroxyl groups is 1. The summed E-state index contributed by atoms with van der Waals surface area (Å²) in [5.74, 6) is 0. The van der Waals surface area contributed by atoms with Gasteiger partial charge in [0.05, 0.1) is 17.7 Å². The zero-order valence-corrected chi connectivity index (χ0v) is 18.8. The fraction of sp³-hybridized carbons (Fsp3) is 0.231. The number of hydrogen-bond donors (Lipinski definition) is 1. The van der Waals surface area contributed by atoms with E-state index in [0.717, 1.165) is 17.7 Å². The van der Waals surface area contributed by atoms with Gasteiger partial charge in [0.25, 0.3) is 0 Å². The van der Waals surface area contributed by atoms with Crippen LogP contribution >= 0.6 is 0 Å². The first kappa shape index (κ1) is 23.3. The number of rotatable bonds is 3. The Kier molecular flexibility index (Phi) is 5.41. The van der Waals surface area contributed by atoms with Gasteiger partial charge in [-0.25, -0.2) is 9.64 Å². The lowest BCUT2D eigenvalue weighted by molar-refractivity contribution is -0.137. The second kappa shape index (κ2) is 7.89. The molecule has 0 radical (unpaired) electrons. The first-order chi connectivity index (χ1) is 15.9. The number of nitrogens with zero attached hydrogens (tertiary/aromatic N) is 3. The summed E-state index contributed by atoms with van der Waals surface area (Å²) in [5, 5.41) is 12.3. The van der Waals surface area contributed by atoms with Crippen LogP contribution in [0.15, 0.2) is 72.8 Å². The summed E-state index contributed by atoms with van der Waals surface area (Å²) in [4.78, 5) is 19.8. The summed E-state index contributed by atoms with van der Waals surface area (Å²) in [6, 6.07) is 17.0. The van der Waals surface area contributed by atoms with E-state index in [0.29, 0.717) is 11.3 Å². The molecule has 34 heavy (non-hydrogen) atoms. The maximum atomic E-state index is 13.8. The van der Waals surface area contributed by atoms with Gasteiger partial charge in [-0.1, -0.05) is 35.9 Å². The van der Waals surface area contributed by atoms with Gasteiger partial charge in [0.15, 0.2) is 11.4 Å². The van der Waals surface area contributed by atoms with Crippen molar-refractivity contribution in [2.75, 3.05) is 9.80 Å². The van der Waals surface area contributed by atoms with E-state index in [1.165, 1.54) is 28.0 Å². The minimum Gasteiger partial charge on any atom is -0.365 e. The van der Waals surface area contributed by atoms with Crippen molar-refractivity contribution >= 4 is 23.1 Å². The summed E-state index contributed by atoms with van der Waals surface area (Å²) in [6.45, 7) is 12.5. The lowest BCUT2D eigenvalue weighted by atomic mass is 9.83. The third-order valence-electron chi connectivity index (χ3n) is 6.24. The largest absolute Gasteiger partial charge is 0.416 e. The van der Waals surface area contributed by atoms with E-state index in [4.69, 9.17) is 6.57 Å². The van der Waals surface area contributed by atoms with Crippen molar-refractivity contribution < 1.29 is 23.1 Å². The number of alkyl halides is 3. The van der Waals surface area contributed by atoms with Crippen LogP contribution in [0.25, 0.3) is 4.85 Å². The molecule has 1 aliphatic rings. The number of urea groups is 1. The predicted molar refractivity (Wildman–Crippen MR) is 124 cm³/mol. The SMILES string of the molecule is [C-]#[N+]c1cccc(C2(O)N(c3ccc(C)cc3)C(=O)N(c3ccc(C(F)(F)F)cc3)C2(C)C)c1. The maximum Gasteiger partial charge on any atom is 0.416 e. The van der Waals surface area contributed by atoms with E-state index >= 15 is 0 Å². The van der Waals surface area contributed by atoms with E-state index in [1.54, 1.807) is 56.3 Å². The van der Waals surface area contributed by atoms with Gasteiger partial charge in [-0.2, -0.15) is 13.2 Å². The van der Waals surface area contributed by atoms with Gasteiger partial charge in [0.2, 0.25) is 0 Å². The molecule has 1 aliphatic heterocycles. The van der Waals surface area contributed by atoms with Gasteiger partial charge in [-0.05, 0) is 68.8 Å². The lowest BCUT2D eigenvalue weighted by Gasteiger charge is -2.43. The molecule has 0 aromatic heterocycles. The molecule has 1 fully saturated rings. The molecule has 4 rings (SSSR count). The molecule has 0 saturated carbocycles. The van der Waals surface area contributed by atoms with Crippen molar-refractivity contribution in [2.45, 2.75) is 38.2 Å². The fourth-order valence-electron chi connectivity index (χ4n) is 4.41. The zero-order valence-electron chi connectivity index (χ0n) is 18.8. The topological polar surface area (TPSA) is 48.1 Å². The van der Waals surface area contributed by atoms with Crippen molar-refractivity contribution in [3.8, 4) is 0 Å². The van der Waals surface area contributed by atoms with Crippen LogP contribution in [0.3, 0.4) is 0 Å². The Morgan fingerprint density at radius 3 is 2.03 bits per heavy atom. The van der Waals surface area contributed by atoms with Gasteiger partial charge >= 0.3 is 12.2 Å². The average molecular weight is 465 g/mol. The normalized spacial score (nSPS) is 19.9. The number of hydrogen-bond acceptors (Lipinski definition) is 2. The monoisotopic (exact) mass is 465 g/mol. The summed E-state index contributed by atoms with van der Waals surface area (Å²) in [6.07, 6.45) is -4.52. The van der Waals surface area contributed by atoms with Gasteiger partial charge in [0, 0.05) is 11.4 Å². The first-order valence-corrected chi connectivity index (χ1v) is 10.5. The molecule has 0 bridgehead atoms. The zero-order chi connectivity index (χ0) is 24.9. The molecular weight excluding hydrogens is 443 g/mol. The number of benzene rings is 3. The van der Waals surface area contributed by atoms with E-state index < -0.39 is 29.0 Å². The van der Waals surface area contributed by atoms with Gasteiger partial charge < -0.3 is 5.11 Å². The Morgan fingerprint density at radius 1 is 0.912 bits per heavy atom. The number of amides is 2. The van der Waals surface area contributed by atoms with Crippen LogP contribution in [-0.2, 0) is 11.9 Å². The lowest BCUT2D eigenvalue weighted by Crippen LogP contribution is -2.56. The summed E-state index contributed by atoms with van der Waals surface area (Å²) in [7, 11) is 0. The first-order valence-electron chi connectivity index (χ1n) is 10.5. The maximum absolute atomic E-state index is 13.8. The highest BCUT2D eigenvalue weighted by Crippen LogP contribution is 2.51. The minimum absolute atomic E-state index is 0.206. The smallest absolute Gasteiger partial charge is 0.365 e. The third kappa shape index (κ3) is 3.49. The predicted octanol–water partition coefficient (Wildman–Crippen LogP) is 6.64. The standard InChI is InChI=1S/C26H22F3N3O2/c1-17-8-12-22(13-9-17)32-23(33)31(21-14-10-18(11-15-21)26(27,28)29)24(2,3)25(32,34)19-6-5-7-20(16-19)30-4/h5-16,34H,1-3H3. The molecule has 1 unspecified atom stereocenters. The van der Waals surface area contributed by atoms with E-state index in [1.807, 2.05) is 6.92 Å². The molecule has 174 valence electrons. The molecule has 5 nitrogen and oxygen atoms in total. The van der Waals surface area contributed by atoms with E-state index in [2.05, 4.69) is 4.85 Å². The molecule has 0 aliphatic carbocycles. The van der Waals surface area contributed by atoms with Gasteiger partial charge in [-0.3, -0.25) is 9.80 Å². The number of carbonyl (C=O) groups excluding carboxylic acids is 1. The quantitative estimate of drug-likeness (QED) is 0.441. The van der Waals surface area contributed by atoms with Crippen LogP contribution in [-0.4, -0.2) is 16.7 Å². The van der Waals surface area contributed by atoms with Crippen LogP contribution in [0.4, 0.5) is 35.0 Å². The van der Waals surface area contributed by atoms with Crippen molar-refractivity contribution in [1.29, 1.82) is 0 Å². The average Bonchev–Trinajstić information content (AvgIpc) is 2.96. The number of carbonyl (C=O) groups is 1. The van der Waals surface area contributed by atoms with Crippen molar-refractivity contribution in [3.63, 3.8) is 0 Å². The summed E-state index contributed by atoms with van der Waals surface area (Å²) < 4.78 is 39.3. The number of anilines is 2. The van der Waals surface area contributed by atoms with E-state index in [-0.39, 0.29) is 11.4 Å². The third-order valence-corrected chi connectivity index (χ3v) is 6.24. The van der Waals surface area contributed by atoms with Crippen LogP contribution in [0.1, 0.15) is 30.5 Å². The Morgan fingerprint density at radius 2 is 1.47 bits per heavy atom.